The van der Waals surface area contributed by atoms with Crippen molar-refractivity contribution in [2.45, 2.75) is 52.4 Å². The Balaban J connectivity index is 2.83. The fourth-order valence-corrected chi connectivity index (χ4v) is 3.42. The molecule has 1 aromatic rings. The predicted molar refractivity (Wildman–Crippen MR) is 78.4 cm³/mol. The van der Waals surface area contributed by atoms with Gasteiger partial charge in [0.2, 0.25) is 0 Å². The molecule has 0 heterocycles. The van der Waals surface area contributed by atoms with Gasteiger partial charge >= 0.3 is 0 Å². The zero-order chi connectivity index (χ0) is 13.2. The number of nitrogen functional groups attached to an aromatic ring is 1. The zero-order valence-electron chi connectivity index (χ0n) is 11.6. The minimum atomic E-state index is 0.140. The van der Waals surface area contributed by atoms with Crippen molar-refractivity contribution < 1.29 is 0 Å². The topological polar surface area (TPSA) is 26.0 Å². The molecule has 17 heavy (non-hydrogen) atoms. The first-order chi connectivity index (χ1) is 7.53. The lowest BCUT2D eigenvalue weighted by atomic mass is 9.59. The van der Waals surface area contributed by atoms with Crippen molar-refractivity contribution in [3.05, 3.63) is 27.7 Å². The van der Waals surface area contributed by atoms with Crippen molar-refractivity contribution in [3.8, 4) is 0 Å². The van der Waals surface area contributed by atoms with Gasteiger partial charge in [0.25, 0.3) is 0 Å². The highest BCUT2D eigenvalue weighted by atomic mass is 79.9. The van der Waals surface area contributed by atoms with Gasteiger partial charge in [-0.25, -0.2) is 0 Å². The predicted octanol–water partition coefficient (Wildman–Crippen LogP) is 4.63. The summed E-state index contributed by atoms with van der Waals surface area (Å²) in [5.41, 5.74) is 10.2. The van der Waals surface area contributed by atoms with Crippen LogP contribution < -0.4 is 5.73 Å². The van der Waals surface area contributed by atoms with Crippen LogP contribution >= 0.6 is 15.9 Å². The van der Waals surface area contributed by atoms with E-state index in [-0.39, 0.29) is 16.2 Å². The van der Waals surface area contributed by atoms with Crippen molar-refractivity contribution in [2.24, 2.45) is 5.41 Å². The number of benzene rings is 1. The van der Waals surface area contributed by atoms with Crippen LogP contribution in [0.2, 0.25) is 0 Å². The molecule has 1 aliphatic carbocycles. The lowest BCUT2D eigenvalue weighted by molar-refractivity contribution is 0.125. The molecule has 0 saturated heterocycles. The maximum Gasteiger partial charge on any atom is 0.0461 e. The number of rotatable bonds is 0. The number of anilines is 1. The fourth-order valence-electron chi connectivity index (χ4n) is 3.08. The number of hydrogen-bond donors (Lipinski definition) is 1. The summed E-state index contributed by atoms with van der Waals surface area (Å²) in [7, 11) is 0. The summed E-state index contributed by atoms with van der Waals surface area (Å²) in [5.74, 6) is 0. The van der Waals surface area contributed by atoms with E-state index < -0.39 is 0 Å². The summed E-state index contributed by atoms with van der Waals surface area (Å²) in [6.07, 6.45) is 0. The molecule has 0 amide bonds. The van der Waals surface area contributed by atoms with Gasteiger partial charge in [0.15, 0.2) is 0 Å². The summed E-state index contributed by atoms with van der Waals surface area (Å²) in [4.78, 5) is 0. The molecule has 1 nitrogen and oxygen atoms in total. The summed E-state index contributed by atoms with van der Waals surface area (Å²) in [6, 6.07) is 4.36. The molecule has 0 aromatic heterocycles. The average molecular weight is 296 g/mol. The van der Waals surface area contributed by atoms with Crippen LogP contribution in [0.5, 0.6) is 0 Å². The first-order valence-corrected chi connectivity index (χ1v) is 6.93. The molecule has 94 valence electrons. The molecule has 1 aliphatic rings. The second-order valence-electron chi connectivity index (χ2n) is 6.79. The Kier molecular flexibility index (Phi) is 2.50. The summed E-state index contributed by atoms with van der Waals surface area (Å²) in [6.45, 7) is 14.0. The third kappa shape index (κ3) is 1.36. The first-order valence-electron chi connectivity index (χ1n) is 6.13. The van der Waals surface area contributed by atoms with E-state index in [4.69, 9.17) is 5.73 Å². The maximum atomic E-state index is 6.04. The fraction of sp³-hybridized carbons (Fsp3) is 0.600. The van der Waals surface area contributed by atoms with Gasteiger partial charge in [-0.1, -0.05) is 41.5 Å². The van der Waals surface area contributed by atoms with Gasteiger partial charge in [0, 0.05) is 10.2 Å². The second-order valence-corrected chi connectivity index (χ2v) is 7.65. The molecular weight excluding hydrogens is 274 g/mol. The molecule has 2 rings (SSSR count). The van der Waals surface area contributed by atoms with Gasteiger partial charge in [0.1, 0.15) is 0 Å². The van der Waals surface area contributed by atoms with Gasteiger partial charge in [-0.2, -0.15) is 0 Å². The Hall–Kier alpha value is -0.500. The number of nitrogens with two attached hydrogens (primary N) is 1. The third-order valence-corrected chi connectivity index (χ3v) is 6.30. The van der Waals surface area contributed by atoms with Crippen LogP contribution in [0, 0.1) is 5.41 Å². The molecule has 0 fully saturated rings. The SMILES string of the molecule is CC1(C)c2cc(N)c(Br)cc2C(C)(C)C1(C)C. The largest absolute Gasteiger partial charge is 0.398 e. The number of halogens is 1. The van der Waals surface area contributed by atoms with Gasteiger partial charge in [-0.15, -0.1) is 0 Å². The van der Waals surface area contributed by atoms with Crippen LogP contribution in [0.3, 0.4) is 0 Å². The molecular formula is C15H22BrN. The normalized spacial score (nSPS) is 23.5. The van der Waals surface area contributed by atoms with Gasteiger partial charge in [0.05, 0.1) is 0 Å². The smallest absolute Gasteiger partial charge is 0.0461 e. The number of hydrogen-bond acceptors (Lipinski definition) is 1. The Morgan fingerprint density at radius 1 is 0.882 bits per heavy atom. The highest BCUT2D eigenvalue weighted by Gasteiger charge is 2.56. The molecule has 2 N–H and O–H groups in total. The highest BCUT2D eigenvalue weighted by Crippen LogP contribution is 2.62. The van der Waals surface area contributed by atoms with Crippen molar-refractivity contribution in [2.75, 3.05) is 5.73 Å². The molecule has 0 atom stereocenters. The lowest BCUT2D eigenvalue weighted by Gasteiger charge is -2.44. The molecule has 0 radical (unpaired) electrons. The molecule has 0 saturated carbocycles. The Labute approximate surface area is 113 Å². The van der Waals surface area contributed by atoms with E-state index in [1.165, 1.54) is 11.1 Å². The number of fused-ring (bicyclic) bond motifs is 1. The van der Waals surface area contributed by atoms with Crippen LogP contribution in [0.25, 0.3) is 0 Å². The van der Waals surface area contributed by atoms with Crippen molar-refractivity contribution in [3.63, 3.8) is 0 Å². The van der Waals surface area contributed by atoms with Gasteiger partial charge < -0.3 is 5.73 Å². The van der Waals surface area contributed by atoms with Crippen LogP contribution in [0.1, 0.15) is 52.7 Å². The van der Waals surface area contributed by atoms with E-state index in [0.717, 1.165) is 10.2 Å². The summed E-state index contributed by atoms with van der Waals surface area (Å²) >= 11 is 3.55. The van der Waals surface area contributed by atoms with E-state index in [0.29, 0.717) is 0 Å². The standard InChI is InChI=1S/C15H22BrN/c1-13(2)9-7-11(16)12(17)8-10(9)14(3,4)15(13,5)6/h7-8H,17H2,1-6H3. The lowest BCUT2D eigenvalue weighted by Crippen LogP contribution is -2.42. The Morgan fingerprint density at radius 2 is 1.29 bits per heavy atom. The van der Waals surface area contributed by atoms with E-state index in [2.05, 4.69) is 69.6 Å². The molecule has 0 spiro atoms. The summed E-state index contributed by atoms with van der Waals surface area (Å²) in [5, 5.41) is 0. The third-order valence-electron chi connectivity index (χ3n) is 5.61. The van der Waals surface area contributed by atoms with Gasteiger partial charge in [-0.05, 0) is 55.4 Å². The maximum absolute atomic E-state index is 6.04. The van der Waals surface area contributed by atoms with Crippen molar-refractivity contribution in [1.82, 2.24) is 0 Å². The molecule has 1 aromatic carbocycles. The van der Waals surface area contributed by atoms with E-state index in [1.807, 2.05) is 0 Å². The first kappa shape index (κ1) is 12.9. The van der Waals surface area contributed by atoms with Crippen molar-refractivity contribution >= 4 is 21.6 Å². The van der Waals surface area contributed by atoms with E-state index in [9.17, 15) is 0 Å². The quantitative estimate of drug-likeness (QED) is 0.694. The van der Waals surface area contributed by atoms with Gasteiger partial charge in [-0.3, -0.25) is 0 Å². The van der Waals surface area contributed by atoms with Crippen LogP contribution in [-0.4, -0.2) is 0 Å². The van der Waals surface area contributed by atoms with Crippen molar-refractivity contribution in [1.29, 1.82) is 0 Å². The van der Waals surface area contributed by atoms with E-state index in [1.54, 1.807) is 0 Å². The Bertz CT molecular complexity index is 441. The molecule has 0 bridgehead atoms. The van der Waals surface area contributed by atoms with Crippen LogP contribution in [-0.2, 0) is 10.8 Å². The zero-order valence-corrected chi connectivity index (χ0v) is 13.2. The van der Waals surface area contributed by atoms with Crippen LogP contribution in [0.4, 0.5) is 5.69 Å². The van der Waals surface area contributed by atoms with E-state index >= 15 is 0 Å². The monoisotopic (exact) mass is 295 g/mol. The highest BCUT2D eigenvalue weighted by molar-refractivity contribution is 9.10. The minimum Gasteiger partial charge on any atom is -0.398 e. The second kappa shape index (κ2) is 3.28. The minimum absolute atomic E-state index is 0.140. The average Bonchev–Trinajstić information content (AvgIpc) is 2.28. The molecule has 2 heteroatoms. The molecule has 0 aliphatic heterocycles. The molecule has 0 unspecified atom stereocenters. The summed E-state index contributed by atoms with van der Waals surface area (Å²) < 4.78 is 1.01. The Morgan fingerprint density at radius 3 is 1.76 bits per heavy atom. The van der Waals surface area contributed by atoms with Crippen LogP contribution in [0.15, 0.2) is 16.6 Å².